The van der Waals surface area contributed by atoms with Gasteiger partial charge in [-0.1, -0.05) is 5.21 Å². The second-order valence-corrected chi connectivity index (χ2v) is 7.15. The molecule has 0 unspecified atom stereocenters. The Bertz CT molecular complexity index is 701. The second-order valence-electron chi connectivity index (χ2n) is 5.01. The first-order valence-electron chi connectivity index (χ1n) is 6.39. The van der Waals surface area contributed by atoms with Crippen LogP contribution in [0.4, 0.5) is 0 Å². The lowest BCUT2D eigenvalue weighted by atomic mass is 10.2. The van der Waals surface area contributed by atoms with Gasteiger partial charge in [0.05, 0.1) is 24.6 Å². The molecule has 1 aliphatic heterocycles. The lowest BCUT2D eigenvalue weighted by molar-refractivity contribution is 0.180. The van der Waals surface area contributed by atoms with E-state index >= 15 is 0 Å². The van der Waals surface area contributed by atoms with Gasteiger partial charge < -0.3 is 0 Å². The largest absolute Gasteiger partial charge is 0.281 e. The fraction of sp³-hybridized carbons (Fsp3) is 0.600. The van der Waals surface area contributed by atoms with Crippen molar-refractivity contribution in [2.24, 2.45) is 0 Å². The Labute approximate surface area is 122 Å². The van der Waals surface area contributed by atoms with Gasteiger partial charge in [0.1, 0.15) is 12.2 Å². The predicted molar refractivity (Wildman–Crippen MR) is 72.4 cm³/mol. The van der Waals surface area contributed by atoms with E-state index in [1.165, 1.54) is 27.5 Å². The summed E-state index contributed by atoms with van der Waals surface area (Å²) >= 11 is 0. The molecule has 11 heteroatoms. The van der Waals surface area contributed by atoms with Gasteiger partial charge in [-0.15, -0.1) is 5.10 Å². The summed E-state index contributed by atoms with van der Waals surface area (Å²) in [7, 11) is -0.292. The molecule has 21 heavy (non-hydrogen) atoms. The van der Waals surface area contributed by atoms with Crippen molar-refractivity contribution >= 4 is 10.2 Å². The molecule has 2 aromatic heterocycles. The molecule has 0 amide bonds. The highest BCUT2D eigenvalue weighted by Gasteiger charge is 2.38. The molecular weight excluding hydrogens is 296 g/mol. The molecule has 1 saturated heterocycles. The van der Waals surface area contributed by atoms with E-state index in [0.29, 0.717) is 19.6 Å². The zero-order valence-corrected chi connectivity index (χ0v) is 12.5. The molecule has 3 heterocycles. The Kier molecular flexibility index (Phi) is 3.47. The molecule has 0 radical (unpaired) electrons. The minimum Gasteiger partial charge on any atom is -0.246 e. The molecule has 1 fully saturated rings. The summed E-state index contributed by atoms with van der Waals surface area (Å²) in [6.45, 7) is 1.26. The van der Waals surface area contributed by atoms with Crippen molar-refractivity contribution in [3.63, 3.8) is 0 Å². The highest BCUT2D eigenvalue weighted by molar-refractivity contribution is 7.86. The van der Waals surface area contributed by atoms with E-state index in [9.17, 15) is 8.42 Å². The fourth-order valence-corrected chi connectivity index (χ4v) is 3.22. The third-order valence-electron chi connectivity index (χ3n) is 3.32. The van der Waals surface area contributed by atoms with Gasteiger partial charge in [0, 0.05) is 27.2 Å². The van der Waals surface area contributed by atoms with E-state index in [4.69, 9.17) is 0 Å². The van der Waals surface area contributed by atoms with Gasteiger partial charge in [-0.3, -0.25) is 0 Å². The third kappa shape index (κ3) is 2.66. The van der Waals surface area contributed by atoms with Gasteiger partial charge in [-0.05, 0) is 0 Å². The Morgan fingerprint density at radius 1 is 1.29 bits per heavy atom. The van der Waals surface area contributed by atoms with Crippen molar-refractivity contribution in [3.8, 4) is 0 Å². The van der Waals surface area contributed by atoms with E-state index in [1.54, 1.807) is 23.3 Å². The van der Waals surface area contributed by atoms with E-state index < -0.39 is 10.2 Å². The standard InChI is InChI=1S/C10H16N8O2S/c1-15(2)21(19,20)16-7-10(8-16)17-5-9(13-14-17)6-18-11-3-4-12-18/h3-5,10H,6-8H2,1-2H3. The summed E-state index contributed by atoms with van der Waals surface area (Å²) in [6.07, 6.45) is 4.99. The summed E-state index contributed by atoms with van der Waals surface area (Å²) in [5, 5.41) is 16.1. The zero-order chi connectivity index (χ0) is 15.0. The van der Waals surface area contributed by atoms with Crippen LogP contribution in [-0.4, -0.2) is 74.2 Å². The Morgan fingerprint density at radius 3 is 2.57 bits per heavy atom. The molecule has 2 aromatic rings. The lowest BCUT2D eigenvalue weighted by Gasteiger charge is -2.38. The van der Waals surface area contributed by atoms with Crippen molar-refractivity contribution in [2.75, 3.05) is 27.2 Å². The normalized spacial score (nSPS) is 17.3. The molecule has 3 rings (SSSR count). The van der Waals surface area contributed by atoms with E-state index in [0.717, 1.165) is 5.69 Å². The van der Waals surface area contributed by atoms with Crippen LogP contribution in [0.1, 0.15) is 11.7 Å². The Balaban J connectivity index is 1.62. The number of hydrogen-bond acceptors (Lipinski definition) is 6. The van der Waals surface area contributed by atoms with Gasteiger partial charge in [0.25, 0.3) is 10.2 Å². The third-order valence-corrected chi connectivity index (χ3v) is 5.19. The van der Waals surface area contributed by atoms with E-state index in [1.807, 2.05) is 0 Å². The maximum atomic E-state index is 11.9. The number of nitrogens with zero attached hydrogens (tertiary/aromatic N) is 8. The average molecular weight is 312 g/mol. The fourth-order valence-electron chi connectivity index (χ4n) is 2.04. The highest BCUT2D eigenvalue weighted by atomic mass is 32.2. The monoisotopic (exact) mass is 312 g/mol. The number of rotatable bonds is 5. The van der Waals surface area contributed by atoms with E-state index in [-0.39, 0.29) is 6.04 Å². The molecular formula is C10H16N8O2S. The molecule has 0 aromatic carbocycles. The van der Waals surface area contributed by atoms with Crippen LogP contribution in [0.5, 0.6) is 0 Å². The Morgan fingerprint density at radius 2 is 1.95 bits per heavy atom. The van der Waals surface area contributed by atoms with Gasteiger partial charge in [-0.25, -0.2) is 4.68 Å². The molecule has 114 valence electrons. The minimum atomic E-state index is -3.33. The predicted octanol–water partition coefficient (Wildman–Crippen LogP) is -1.42. The van der Waals surface area contributed by atoms with Crippen molar-refractivity contribution in [2.45, 2.75) is 12.6 Å². The summed E-state index contributed by atoms with van der Waals surface area (Å²) in [4.78, 5) is 1.51. The summed E-state index contributed by atoms with van der Waals surface area (Å²) in [5.41, 5.74) is 0.736. The molecule has 0 saturated carbocycles. The topological polar surface area (TPSA) is 102 Å². The Hall–Kier alpha value is -1.85. The first-order chi connectivity index (χ1) is 9.96. The van der Waals surface area contributed by atoms with Crippen LogP contribution in [0.2, 0.25) is 0 Å². The molecule has 0 spiro atoms. The van der Waals surface area contributed by atoms with Gasteiger partial charge in [0.15, 0.2) is 0 Å². The van der Waals surface area contributed by atoms with Crippen molar-refractivity contribution in [1.82, 2.24) is 38.6 Å². The molecule has 0 N–H and O–H groups in total. The van der Waals surface area contributed by atoms with Crippen molar-refractivity contribution in [3.05, 3.63) is 24.3 Å². The molecule has 0 atom stereocenters. The van der Waals surface area contributed by atoms with Crippen LogP contribution in [0.25, 0.3) is 0 Å². The molecule has 10 nitrogen and oxygen atoms in total. The average Bonchev–Trinajstić information content (AvgIpc) is 2.99. The van der Waals surface area contributed by atoms with Crippen molar-refractivity contribution in [1.29, 1.82) is 0 Å². The van der Waals surface area contributed by atoms with Crippen molar-refractivity contribution < 1.29 is 8.42 Å². The summed E-state index contributed by atoms with van der Waals surface area (Å²) in [5.74, 6) is 0. The highest BCUT2D eigenvalue weighted by Crippen LogP contribution is 2.24. The van der Waals surface area contributed by atoms with Gasteiger partial charge >= 0.3 is 0 Å². The first kappa shape index (κ1) is 14.1. The van der Waals surface area contributed by atoms with Gasteiger partial charge in [0.2, 0.25) is 0 Å². The number of hydrogen-bond donors (Lipinski definition) is 0. The van der Waals surface area contributed by atoms with E-state index in [2.05, 4.69) is 20.5 Å². The van der Waals surface area contributed by atoms with Crippen LogP contribution in [0.15, 0.2) is 18.6 Å². The summed E-state index contributed by atoms with van der Waals surface area (Å²) < 4.78 is 28.1. The maximum absolute atomic E-state index is 11.9. The van der Waals surface area contributed by atoms with Crippen LogP contribution in [-0.2, 0) is 16.8 Å². The van der Waals surface area contributed by atoms with Crippen LogP contribution < -0.4 is 0 Å². The second kappa shape index (κ2) is 5.16. The molecule has 1 aliphatic rings. The minimum absolute atomic E-state index is 0.0200. The van der Waals surface area contributed by atoms with Gasteiger partial charge in [-0.2, -0.15) is 32.0 Å². The van der Waals surface area contributed by atoms with Crippen LogP contribution >= 0.6 is 0 Å². The summed E-state index contributed by atoms with van der Waals surface area (Å²) in [6, 6.07) is 0.0200. The first-order valence-corrected chi connectivity index (χ1v) is 7.79. The SMILES string of the molecule is CN(C)S(=O)(=O)N1CC(n2cc(Cn3nccn3)nn2)C1. The number of aromatic nitrogens is 6. The molecule has 0 aliphatic carbocycles. The maximum Gasteiger partial charge on any atom is 0.281 e. The van der Waals surface area contributed by atoms with Crippen LogP contribution in [0, 0.1) is 0 Å². The smallest absolute Gasteiger partial charge is 0.246 e. The van der Waals surface area contributed by atoms with Crippen LogP contribution in [0.3, 0.4) is 0 Å². The lowest BCUT2D eigenvalue weighted by Crippen LogP contribution is -2.54. The zero-order valence-electron chi connectivity index (χ0n) is 11.7. The molecule has 0 bridgehead atoms. The quantitative estimate of drug-likeness (QED) is 0.671.